The number of hydrogen-bond acceptors (Lipinski definition) is 7. The first-order valence-corrected chi connectivity index (χ1v) is 8.07. The normalized spacial score (nSPS) is 11.1. The SMILES string of the molecule is Nc1ncc2scc(C(=O)Nc3nc4ccccc4s3)c2n1. The molecule has 8 heteroatoms. The van der Waals surface area contributed by atoms with E-state index in [9.17, 15) is 4.79 Å². The minimum Gasteiger partial charge on any atom is -0.368 e. The molecule has 0 bridgehead atoms. The molecule has 108 valence electrons. The predicted molar refractivity (Wildman–Crippen MR) is 89.4 cm³/mol. The van der Waals surface area contributed by atoms with Gasteiger partial charge in [0.05, 0.1) is 32.2 Å². The number of carbonyl (C=O) groups is 1. The summed E-state index contributed by atoms with van der Waals surface area (Å²) in [7, 11) is 0. The van der Waals surface area contributed by atoms with Gasteiger partial charge < -0.3 is 5.73 Å². The number of anilines is 2. The minimum atomic E-state index is -0.247. The number of nitrogen functional groups attached to an aromatic ring is 1. The van der Waals surface area contributed by atoms with E-state index in [1.165, 1.54) is 22.7 Å². The molecule has 0 spiro atoms. The zero-order chi connectivity index (χ0) is 15.1. The van der Waals surface area contributed by atoms with E-state index >= 15 is 0 Å². The number of nitrogens with two attached hydrogens (primary N) is 1. The lowest BCUT2D eigenvalue weighted by Crippen LogP contribution is -2.11. The summed E-state index contributed by atoms with van der Waals surface area (Å²) in [6.07, 6.45) is 1.62. The van der Waals surface area contributed by atoms with Crippen molar-refractivity contribution in [1.82, 2.24) is 15.0 Å². The molecule has 0 radical (unpaired) electrons. The Labute approximate surface area is 132 Å². The van der Waals surface area contributed by atoms with Gasteiger partial charge >= 0.3 is 0 Å². The van der Waals surface area contributed by atoms with Crippen molar-refractivity contribution in [2.75, 3.05) is 11.1 Å². The molecule has 0 saturated carbocycles. The summed E-state index contributed by atoms with van der Waals surface area (Å²) in [4.78, 5) is 24.9. The lowest BCUT2D eigenvalue weighted by molar-refractivity contribution is 0.102. The maximum atomic E-state index is 12.4. The second kappa shape index (κ2) is 5.00. The number of benzene rings is 1. The number of hydrogen-bond donors (Lipinski definition) is 2. The van der Waals surface area contributed by atoms with E-state index in [4.69, 9.17) is 5.73 Å². The maximum Gasteiger partial charge on any atom is 0.260 e. The van der Waals surface area contributed by atoms with E-state index < -0.39 is 0 Å². The molecule has 0 unspecified atom stereocenters. The molecule has 0 aliphatic heterocycles. The van der Waals surface area contributed by atoms with Gasteiger partial charge in [0, 0.05) is 5.38 Å². The first-order chi connectivity index (χ1) is 10.7. The van der Waals surface area contributed by atoms with Gasteiger partial charge in [0.1, 0.15) is 0 Å². The Kier molecular flexibility index (Phi) is 2.98. The number of thiazole rings is 1. The van der Waals surface area contributed by atoms with Crippen LogP contribution in [0.1, 0.15) is 10.4 Å². The van der Waals surface area contributed by atoms with Gasteiger partial charge in [0.2, 0.25) is 5.95 Å². The van der Waals surface area contributed by atoms with Crippen LogP contribution in [0.25, 0.3) is 20.4 Å². The Balaban J connectivity index is 1.69. The third kappa shape index (κ3) is 2.18. The molecule has 0 aliphatic carbocycles. The van der Waals surface area contributed by atoms with Crippen molar-refractivity contribution in [3.05, 3.63) is 41.4 Å². The molecule has 4 aromatic rings. The van der Waals surface area contributed by atoms with Crippen molar-refractivity contribution in [3.8, 4) is 0 Å². The first-order valence-electron chi connectivity index (χ1n) is 6.37. The highest BCUT2D eigenvalue weighted by Crippen LogP contribution is 2.28. The minimum absolute atomic E-state index is 0.153. The fraction of sp³-hybridized carbons (Fsp3) is 0. The lowest BCUT2D eigenvalue weighted by atomic mass is 10.3. The number of rotatable bonds is 2. The highest BCUT2D eigenvalue weighted by Gasteiger charge is 2.16. The zero-order valence-electron chi connectivity index (χ0n) is 11.1. The molecule has 0 saturated heterocycles. The number of para-hydroxylation sites is 1. The Bertz CT molecular complexity index is 974. The van der Waals surface area contributed by atoms with Gasteiger partial charge in [-0.1, -0.05) is 23.5 Å². The number of amides is 1. The maximum absolute atomic E-state index is 12.4. The van der Waals surface area contributed by atoms with Gasteiger partial charge in [0.25, 0.3) is 5.91 Å². The van der Waals surface area contributed by atoms with Gasteiger partial charge in [-0.3, -0.25) is 10.1 Å². The van der Waals surface area contributed by atoms with Crippen LogP contribution in [-0.2, 0) is 0 Å². The third-order valence-corrected chi connectivity index (χ3v) is 4.95. The first kappa shape index (κ1) is 13.1. The lowest BCUT2D eigenvalue weighted by Gasteiger charge is -1.99. The molecule has 22 heavy (non-hydrogen) atoms. The van der Waals surface area contributed by atoms with E-state index in [0.717, 1.165) is 14.9 Å². The fourth-order valence-electron chi connectivity index (χ4n) is 2.09. The number of thiophene rings is 1. The molecule has 6 nitrogen and oxygen atoms in total. The number of nitrogens with one attached hydrogen (secondary N) is 1. The monoisotopic (exact) mass is 327 g/mol. The van der Waals surface area contributed by atoms with Crippen molar-refractivity contribution < 1.29 is 4.79 Å². The van der Waals surface area contributed by atoms with Crippen LogP contribution in [0.15, 0.2) is 35.8 Å². The molecule has 3 aromatic heterocycles. The van der Waals surface area contributed by atoms with Crippen LogP contribution >= 0.6 is 22.7 Å². The summed E-state index contributed by atoms with van der Waals surface area (Å²) in [5.41, 5.74) is 7.51. The summed E-state index contributed by atoms with van der Waals surface area (Å²) in [5.74, 6) is -0.0941. The van der Waals surface area contributed by atoms with Gasteiger partial charge in [-0.15, -0.1) is 11.3 Å². The van der Waals surface area contributed by atoms with E-state index in [1.807, 2.05) is 24.3 Å². The Morgan fingerprint density at radius 2 is 2.05 bits per heavy atom. The highest BCUT2D eigenvalue weighted by molar-refractivity contribution is 7.22. The molecular formula is C14H9N5OS2. The molecule has 0 aliphatic rings. The number of nitrogens with zero attached hydrogens (tertiary/aromatic N) is 3. The van der Waals surface area contributed by atoms with Crippen LogP contribution in [0.4, 0.5) is 11.1 Å². The number of fused-ring (bicyclic) bond motifs is 2. The van der Waals surface area contributed by atoms with Crippen molar-refractivity contribution in [2.45, 2.75) is 0 Å². The van der Waals surface area contributed by atoms with Crippen LogP contribution in [0.5, 0.6) is 0 Å². The topological polar surface area (TPSA) is 93.8 Å². The Hall–Kier alpha value is -2.58. The third-order valence-electron chi connectivity index (χ3n) is 3.09. The molecular weight excluding hydrogens is 318 g/mol. The summed E-state index contributed by atoms with van der Waals surface area (Å²) in [5, 5.41) is 5.13. The smallest absolute Gasteiger partial charge is 0.260 e. The van der Waals surface area contributed by atoms with Crippen molar-refractivity contribution in [2.24, 2.45) is 0 Å². The van der Waals surface area contributed by atoms with Crippen molar-refractivity contribution in [1.29, 1.82) is 0 Å². The Morgan fingerprint density at radius 1 is 1.18 bits per heavy atom. The quantitative estimate of drug-likeness (QED) is 0.590. The van der Waals surface area contributed by atoms with Gasteiger partial charge in [-0.05, 0) is 12.1 Å². The summed E-state index contributed by atoms with van der Waals surface area (Å²) >= 11 is 2.84. The van der Waals surface area contributed by atoms with Crippen LogP contribution in [0.2, 0.25) is 0 Å². The molecule has 0 fully saturated rings. The van der Waals surface area contributed by atoms with Crippen molar-refractivity contribution in [3.63, 3.8) is 0 Å². The molecule has 1 amide bonds. The van der Waals surface area contributed by atoms with Crippen LogP contribution in [-0.4, -0.2) is 20.9 Å². The summed E-state index contributed by atoms with van der Waals surface area (Å²) in [6, 6.07) is 7.74. The van der Waals surface area contributed by atoms with Crippen LogP contribution < -0.4 is 11.1 Å². The second-order valence-corrected chi connectivity index (χ2v) is 6.47. The predicted octanol–water partition coefficient (Wildman–Crippen LogP) is 3.14. The molecule has 3 N–H and O–H groups in total. The van der Waals surface area contributed by atoms with E-state index in [1.54, 1.807) is 11.6 Å². The largest absolute Gasteiger partial charge is 0.368 e. The zero-order valence-corrected chi connectivity index (χ0v) is 12.7. The second-order valence-electron chi connectivity index (χ2n) is 4.53. The van der Waals surface area contributed by atoms with Gasteiger partial charge in [-0.25, -0.2) is 15.0 Å². The average Bonchev–Trinajstić information content (AvgIpc) is 3.09. The molecule has 1 aromatic carbocycles. The van der Waals surface area contributed by atoms with E-state index in [0.29, 0.717) is 16.2 Å². The standard InChI is InChI=1S/C14H9N5OS2/c15-13-16-5-10-11(18-13)7(6-21-10)12(20)19-14-17-8-3-1-2-4-9(8)22-14/h1-6H,(H2,15,16,18)(H,17,19,20). The number of carbonyl (C=O) groups excluding carboxylic acids is 1. The highest BCUT2D eigenvalue weighted by atomic mass is 32.1. The van der Waals surface area contributed by atoms with Crippen LogP contribution in [0, 0.1) is 0 Å². The van der Waals surface area contributed by atoms with Gasteiger partial charge in [0.15, 0.2) is 5.13 Å². The fourth-order valence-corrected chi connectivity index (χ4v) is 3.80. The number of aromatic nitrogens is 3. The van der Waals surface area contributed by atoms with E-state index in [-0.39, 0.29) is 11.9 Å². The van der Waals surface area contributed by atoms with Gasteiger partial charge in [-0.2, -0.15) is 0 Å². The van der Waals surface area contributed by atoms with E-state index in [2.05, 4.69) is 20.3 Å². The molecule has 4 rings (SSSR count). The molecule has 0 atom stereocenters. The van der Waals surface area contributed by atoms with Crippen LogP contribution in [0.3, 0.4) is 0 Å². The molecule has 3 heterocycles. The summed E-state index contributed by atoms with van der Waals surface area (Å²) in [6.45, 7) is 0. The Morgan fingerprint density at radius 3 is 2.91 bits per heavy atom. The average molecular weight is 327 g/mol. The summed E-state index contributed by atoms with van der Waals surface area (Å²) < 4.78 is 1.85. The van der Waals surface area contributed by atoms with Crippen molar-refractivity contribution >= 4 is 60.1 Å².